The largest absolute Gasteiger partial charge is 0.321 e. The Morgan fingerprint density at radius 2 is 2.20 bits per heavy atom. The smallest absolute Gasteiger partial charge is 0.276 e. The van der Waals surface area contributed by atoms with Gasteiger partial charge in [0.25, 0.3) is 5.91 Å². The standard InChI is InChI=1S/C14H13N5O/c20-14(13-10-2-1-3-11(10)18-19-13)16-9-5-4-8-7-15-17-12(8)6-9/h4-7H,1-3H2,(H,15,17)(H,16,20)(H,18,19). The van der Waals surface area contributed by atoms with Crippen LogP contribution in [0.3, 0.4) is 0 Å². The van der Waals surface area contributed by atoms with Crippen molar-refractivity contribution in [3.63, 3.8) is 0 Å². The number of carbonyl (C=O) groups is 1. The molecule has 6 nitrogen and oxygen atoms in total. The highest BCUT2D eigenvalue weighted by atomic mass is 16.1. The molecule has 1 amide bonds. The predicted molar refractivity (Wildman–Crippen MR) is 74.7 cm³/mol. The molecule has 3 aromatic rings. The number of nitrogens with zero attached hydrogens (tertiary/aromatic N) is 2. The minimum absolute atomic E-state index is 0.164. The zero-order valence-corrected chi connectivity index (χ0v) is 10.7. The first-order valence-electron chi connectivity index (χ1n) is 6.62. The number of nitrogens with one attached hydrogen (secondary N) is 3. The lowest BCUT2D eigenvalue weighted by Crippen LogP contribution is -2.14. The molecule has 0 fully saturated rings. The third kappa shape index (κ3) is 1.69. The van der Waals surface area contributed by atoms with Crippen LogP contribution in [0.25, 0.3) is 10.9 Å². The van der Waals surface area contributed by atoms with Gasteiger partial charge in [-0.25, -0.2) is 0 Å². The van der Waals surface area contributed by atoms with Crippen molar-refractivity contribution in [2.75, 3.05) is 5.32 Å². The summed E-state index contributed by atoms with van der Waals surface area (Å²) in [7, 11) is 0. The molecule has 0 unspecified atom stereocenters. The molecule has 3 N–H and O–H groups in total. The van der Waals surface area contributed by atoms with Crippen LogP contribution in [0.15, 0.2) is 24.4 Å². The van der Waals surface area contributed by atoms with Crippen molar-refractivity contribution in [3.05, 3.63) is 41.3 Å². The van der Waals surface area contributed by atoms with Crippen LogP contribution in [0.4, 0.5) is 5.69 Å². The second-order valence-corrected chi connectivity index (χ2v) is 5.01. The molecule has 1 aromatic carbocycles. The van der Waals surface area contributed by atoms with Crippen molar-refractivity contribution in [2.45, 2.75) is 19.3 Å². The average Bonchev–Trinajstić information content (AvgIpc) is 3.13. The molecular weight excluding hydrogens is 254 g/mol. The summed E-state index contributed by atoms with van der Waals surface area (Å²) in [6.45, 7) is 0. The van der Waals surface area contributed by atoms with E-state index in [1.54, 1.807) is 6.20 Å². The number of anilines is 1. The lowest BCUT2D eigenvalue weighted by Gasteiger charge is -2.04. The number of hydrogen-bond acceptors (Lipinski definition) is 3. The van der Waals surface area contributed by atoms with E-state index in [1.807, 2.05) is 18.2 Å². The second-order valence-electron chi connectivity index (χ2n) is 5.01. The number of H-pyrrole nitrogens is 2. The number of rotatable bonds is 2. The summed E-state index contributed by atoms with van der Waals surface area (Å²) in [6, 6.07) is 5.65. The molecule has 1 aliphatic carbocycles. The van der Waals surface area contributed by atoms with E-state index in [0.717, 1.165) is 47.1 Å². The second kappa shape index (κ2) is 4.19. The maximum Gasteiger partial charge on any atom is 0.276 e. The van der Waals surface area contributed by atoms with Gasteiger partial charge in [0.05, 0.1) is 11.7 Å². The summed E-state index contributed by atoms with van der Waals surface area (Å²) in [5.41, 5.74) is 4.31. The van der Waals surface area contributed by atoms with E-state index >= 15 is 0 Å². The Labute approximate surface area is 114 Å². The number of aromatic amines is 2. The first-order valence-corrected chi connectivity index (χ1v) is 6.62. The Kier molecular flexibility index (Phi) is 2.35. The van der Waals surface area contributed by atoms with Gasteiger partial charge >= 0.3 is 0 Å². The van der Waals surface area contributed by atoms with Gasteiger partial charge in [-0.1, -0.05) is 0 Å². The number of benzene rings is 1. The van der Waals surface area contributed by atoms with Crippen molar-refractivity contribution >= 4 is 22.5 Å². The fourth-order valence-corrected chi connectivity index (χ4v) is 2.71. The Morgan fingerprint density at radius 1 is 1.25 bits per heavy atom. The normalized spacial score (nSPS) is 13.6. The summed E-state index contributed by atoms with van der Waals surface area (Å²) in [6.07, 6.45) is 4.75. The lowest BCUT2D eigenvalue weighted by atomic mass is 10.2. The molecular formula is C14H13N5O. The van der Waals surface area contributed by atoms with Gasteiger partial charge < -0.3 is 5.32 Å². The van der Waals surface area contributed by atoms with Crippen molar-refractivity contribution in [1.29, 1.82) is 0 Å². The van der Waals surface area contributed by atoms with Crippen LogP contribution >= 0.6 is 0 Å². The number of aryl methyl sites for hydroxylation is 1. The summed E-state index contributed by atoms with van der Waals surface area (Å²) >= 11 is 0. The van der Waals surface area contributed by atoms with E-state index in [4.69, 9.17) is 0 Å². The van der Waals surface area contributed by atoms with Crippen molar-refractivity contribution in [2.24, 2.45) is 0 Å². The third-order valence-electron chi connectivity index (χ3n) is 3.72. The SMILES string of the molecule is O=C(Nc1ccc2cn[nH]c2c1)c1n[nH]c2c1CCC2. The number of aromatic nitrogens is 4. The van der Waals surface area contributed by atoms with E-state index in [9.17, 15) is 4.79 Å². The first-order chi connectivity index (χ1) is 9.81. The van der Waals surface area contributed by atoms with Crippen LogP contribution in [-0.2, 0) is 12.8 Å². The maximum absolute atomic E-state index is 12.3. The number of carbonyl (C=O) groups excluding carboxylic acids is 1. The summed E-state index contributed by atoms with van der Waals surface area (Å²) < 4.78 is 0. The number of hydrogen-bond donors (Lipinski definition) is 3. The van der Waals surface area contributed by atoms with Gasteiger partial charge in [-0.3, -0.25) is 15.0 Å². The molecule has 2 aromatic heterocycles. The molecule has 0 atom stereocenters. The van der Waals surface area contributed by atoms with Gasteiger partial charge in [-0.15, -0.1) is 0 Å². The predicted octanol–water partition coefficient (Wildman–Crippen LogP) is 2.03. The van der Waals surface area contributed by atoms with Gasteiger partial charge in [-0.2, -0.15) is 10.2 Å². The van der Waals surface area contributed by atoms with Crippen LogP contribution in [0, 0.1) is 0 Å². The molecule has 0 bridgehead atoms. The van der Waals surface area contributed by atoms with E-state index in [1.165, 1.54) is 0 Å². The highest BCUT2D eigenvalue weighted by Crippen LogP contribution is 2.24. The monoisotopic (exact) mass is 267 g/mol. The molecule has 6 heteroatoms. The van der Waals surface area contributed by atoms with E-state index in [2.05, 4.69) is 25.7 Å². The molecule has 0 saturated carbocycles. The van der Waals surface area contributed by atoms with Crippen molar-refractivity contribution in [3.8, 4) is 0 Å². The molecule has 4 rings (SSSR count). The molecule has 2 heterocycles. The molecule has 20 heavy (non-hydrogen) atoms. The van der Waals surface area contributed by atoms with E-state index in [-0.39, 0.29) is 5.91 Å². The minimum Gasteiger partial charge on any atom is -0.321 e. The molecule has 0 spiro atoms. The fraction of sp³-hybridized carbons (Fsp3) is 0.214. The van der Waals surface area contributed by atoms with Crippen LogP contribution in [0.1, 0.15) is 28.2 Å². The molecule has 1 aliphatic rings. The fourth-order valence-electron chi connectivity index (χ4n) is 2.71. The van der Waals surface area contributed by atoms with Gasteiger partial charge in [0.2, 0.25) is 0 Å². The number of fused-ring (bicyclic) bond motifs is 2. The van der Waals surface area contributed by atoms with Gasteiger partial charge in [0.15, 0.2) is 5.69 Å². The third-order valence-corrected chi connectivity index (χ3v) is 3.72. The first kappa shape index (κ1) is 11.2. The highest BCUT2D eigenvalue weighted by molar-refractivity contribution is 6.04. The summed E-state index contributed by atoms with van der Waals surface area (Å²) in [5.74, 6) is -0.164. The maximum atomic E-state index is 12.3. The molecule has 100 valence electrons. The highest BCUT2D eigenvalue weighted by Gasteiger charge is 2.22. The van der Waals surface area contributed by atoms with E-state index in [0.29, 0.717) is 5.69 Å². The van der Waals surface area contributed by atoms with Crippen LogP contribution in [-0.4, -0.2) is 26.3 Å². The average molecular weight is 267 g/mol. The molecule has 0 saturated heterocycles. The van der Waals surface area contributed by atoms with Crippen molar-refractivity contribution in [1.82, 2.24) is 20.4 Å². The Balaban J connectivity index is 1.62. The zero-order valence-electron chi connectivity index (χ0n) is 10.7. The molecule has 0 radical (unpaired) electrons. The van der Waals surface area contributed by atoms with Crippen molar-refractivity contribution < 1.29 is 4.79 Å². The van der Waals surface area contributed by atoms with Crippen LogP contribution < -0.4 is 5.32 Å². The summed E-state index contributed by atoms with van der Waals surface area (Å²) in [5, 5.41) is 17.8. The van der Waals surface area contributed by atoms with Crippen LogP contribution in [0.5, 0.6) is 0 Å². The Bertz CT molecular complexity index is 801. The minimum atomic E-state index is -0.164. The zero-order chi connectivity index (χ0) is 13.5. The van der Waals surface area contributed by atoms with Gasteiger partial charge in [0, 0.05) is 22.3 Å². The Morgan fingerprint density at radius 3 is 3.15 bits per heavy atom. The van der Waals surface area contributed by atoms with E-state index < -0.39 is 0 Å². The summed E-state index contributed by atoms with van der Waals surface area (Å²) in [4.78, 5) is 12.3. The topological polar surface area (TPSA) is 86.5 Å². The number of amides is 1. The molecule has 0 aliphatic heterocycles. The van der Waals surface area contributed by atoms with Gasteiger partial charge in [-0.05, 0) is 37.5 Å². The van der Waals surface area contributed by atoms with Crippen LogP contribution in [0.2, 0.25) is 0 Å². The van der Waals surface area contributed by atoms with Gasteiger partial charge in [0.1, 0.15) is 0 Å². The lowest BCUT2D eigenvalue weighted by molar-refractivity contribution is 0.102. The quantitative estimate of drug-likeness (QED) is 0.664. The Hall–Kier alpha value is -2.63.